The van der Waals surface area contributed by atoms with E-state index in [9.17, 15) is 9.59 Å². The number of ether oxygens (including phenoxy) is 1. The fourth-order valence-corrected chi connectivity index (χ4v) is 2.85. The molecule has 3 N–H and O–H groups in total. The summed E-state index contributed by atoms with van der Waals surface area (Å²) in [6.45, 7) is 6.57. The molecule has 6 heteroatoms. The van der Waals surface area contributed by atoms with Gasteiger partial charge in [0.1, 0.15) is 11.4 Å². The largest absolute Gasteiger partial charge is 0.497 e. The SMILES string of the molecule is COc1ccc2[nH]c(C(=O)Nc3cc(C(=O)NCC(C)C)ccc3C)cc2c1. The topological polar surface area (TPSA) is 83.2 Å². The summed E-state index contributed by atoms with van der Waals surface area (Å²) in [4.78, 5) is 28.1. The van der Waals surface area contributed by atoms with Crippen LogP contribution in [0.3, 0.4) is 0 Å². The van der Waals surface area contributed by atoms with Crippen LogP contribution in [0.4, 0.5) is 5.69 Å². The molecule has 0 unspecified atom stereocenters. The van der Waals surface area contributed by atoms with Crippen LogP contribution in [0.25, 0.3) is 10.9 Å². The number of anilines is 1. The van der Waals surface area contributed by atoms with Crippen LogP contribution in [0.2, 0.25) is 0 Å². The maximum atomic E-state index is 12.7. The van der Waals surface area contributed by atoms with Gasteiger partial charge in [0, 0.05) is 28.7 Å². The fraction of sp³-hybridized carbons (Fsp3) is 0.273. The number of hydrogen-bond donors (Lipinski definition) is 3. The van der Waals surface area contributed by atoms with E-state index in [0.29, 0.717) is 29.4 Å². The van der Waals surface area contributed by atoms with E-state index in [1.807, 2.05) is 45.0 Å². The maximum Gasteiger partial charge on any atom is 0.272 e. The average molecular weight is 379 g/mol. The van der Waals surface area contributed by atoms with Crippen LogP contribution in [0.15, 0.2) is 42.5 Å². The molecule has 0 fully saturated rings. The van der Waals surface area contributed by atoms with E-state index in [0.717, 1.165) is 22.2 Å². The first kappa shape index (κ1) is 19.5. The number of rotatable bonds is 6. The summed E-state index contributed by atoms with van der Waals surface area (Å²) in [6.07, 6.45) is 0. The number of H-pyrrole nitrogens is 1. The van der Waals surface area contributed by atoms with E-state index in [1.165, 1.54) is 0 Å². The predicted octanol–water partition coefficient (Wildman–Crippen LogP) is 4.12. The third kappa shape index (κ3) is 4.34. The van der Waals surface area contributed by atoms with Crippen LogP contribution in [0, 0.1) is 12.8 Å². The van der Waals surface area contributed by atoms with Gasteiger partial charge in [0.25, 0.3) is 11.8 Å². The number of nitrogens with one attached hydrogen (secondary N) is 3. The van der Waals surface area contributed by atoms with E-state index in [4.69, 9.17) is 4.74 Å². The van der Waals surface area contributed by atoms with Crippen LogP contribution in [-0.4, -0.2) is 30.5 Å². The zero-order valence-corrected chi connectivity index (χ0v) is 16.6. The number of amides is 2. The zero-order valence-electron chi connectivity index (χ0n) is 16.6. The predicted molar refractivity (Wildman–Crippen MR) is 111 cm³/mol. The molecule has 1 aromatic heterocycles. The molecule has 0 atom stereocenters. The minimum atomic E-state index is -0.266. The lowest BCUT2D eigenvalue weighted by molar-refractivity contribution is 0.0947. The van der Waals surface area contributed by atoms with Gasteiger partial charge in [0.15, 0.2) is 0 Å². The zero-order chi connectivity index (χ0) is 20.3. The Bertz CT molecular complexity index is 1020. The molecule has 0 bridgehead atoms. The van der Waals surface area contributed by atoms with E-state index in [-0.39, 0.29) is 11.8 Å². The van der Waals surface area contributed by atoms with Gasteiger partial charge in [0.05, 0.1) is 7.11 Å². The van der Waals surface area contributed by atoms with Crippen molar-refractivity contribution in [2.24, 2.45) is 5.92 Å². The number of fused-ring (bicyclic) bond motifs is 1. The molecule has 0 aliphatic heterocycles. The average Bonchev–Trinajstić information content (AvgIpc) is 3.11. The number of aromatic amines is 1. The highest BCUT2D eigenvalue weighted by atomic mass is 16.5. The number of aryl methyl sites for hydroxylation is 1. The summed E-state index contributed by atoms with van der Waals surface area (Å²) in [5, 5.41) is 6.68. The molecule has 3 rings (SSSR count). The van der Waals surface area contributed by atoms with Crippen LogP contribution >= 0.6 is 0 Å². The third-order valence-corrected chi connectivity index (χ3v) is 4.49. The molecule has 146 valence electrons. The molecule has 0 aliphatic rings. The van der Waals surface area contributed by atoms with E-state index < -0.39 is 0 Å². The Kier molecular flexibility index (Phi) is 5.68. The highest BCUT2D eigenvalue weighted by Crippen LogP contribution is 2.23. The van der Waals surface area contributed by atoms with Gasteiger partial charge < -0.3 is 20.4 Å². The minimum absolute atomic E-state index is 0.151. The Morgan fingerprint density at radius 2 is 1.86 bits per heavy atom. The van der Waals surface area contributed by atoms with Crippen LogP contribution in [-0.2, 0) is 0 Å². The molecule has 0 saturated heterocycles. The molecule has 6 nitrogen and oxygen atoms in total. The molecule has 0 spiro atoms. The summed E-state index contributed by atoms with van der Waals surface area (Å²) in [6, 6.07) is 12.6. The number of carbonyl (C=O) groups is 2. The van der Waals surface area contributed by atoms with Crippen molar-refractivity contribution < 1.29 is 14.3 Å². The molecule has 28 heavy (non-hydrogen) atoms. The number of aromatic nitrogens is 1. The Hall–Kier alpha value is -3.28. The van der Waals surface area contributed by atoms with Crippen molar-refractivity contribution in [1.82, 2.24) is 10.3 Å². The fourth-order valence-electron chi connectivity index (χ4n) is 2.85. The number of hydrogen-bond acceptors (Lipinski definition) is 3. The maximum absolute atomic E-state index is 12.7. The molecule has 0 aliphatic carbocycles. The second kappa shape index (κ2) is 8.17. The smallest absolute Gasteiger partial charge is 0.272 e. The van der Waals surface area contributed by atoms with Gasteiger partial charge in [-0.15, -0.1) is 0 Å². The first-order valence-corrected chi connectivity index (χ1v) is 9.24. The first-order chi connectivity index (χ1) is 13.4. The molecule has 0 radical (unpaired) electrons. The summed E-state index contributed by atoms with van der Waals surface area (Å²) in [5.74, 6) is 0.684. The van der Waals surface area contributed by atoms with Crippen molar-refractivity contribution in [1.29, 1.82) is 0 Å². The van der Waals surface area contributed by atoms with Gasteiger partial charge in [-0.05, 0) is 54.8 Å². The lowest BCUT2D eigenvalue weighted by atomic mass is 10.1. The van der Waals surface area contributed by atoms with Gasteiger partial charge in [-0.25, -0.2) is 0 Å². The van der Waals surface area contributed by atoms with Crippen molar-refractivity contribution in [3.05, 3.63) is 59.3 Å². The summed E-state index contributed by atoms with van der Waals surface area (Å²) in [5.41, 5.74) is 3.30. The van der Waals surface area contributed by atoms with Crippen molar-refractivity contribution >= 4 is 28.4 Å². The van der Waals surface area contributed by atoms with Gasteiger partial charge in [-0.3, -0.25) is 9.59 Å². The highest BCUT2D eigenvalue weighted by Gasteiger charge is 2.14. The second-order valence-corrected chi connectivity index (χ2v) is 7.22. The molecule has 0 saturated carbocycles. The monoisotopic (exact) mass is 379 g/mol. The lowest BCUT2D eigenvalue weighted by Crippen LogP contribution is -2.27. The van der Waals surface area contributed by atoms with Crippen LogP contribution in [0.1, 0.15) is 40.3 Å². The van der Waals surface area contributed by atoms with Crippen molar-refractivity contribution in [3.63, 3.8) is 0 Å². The number of carbonyl (C=O) groups excluding carboxylic acids is 2. The molecular formula is C22H25N3O3. The number of methoxy groups -OCH3 is 1. The minimum Gasteiger partial charge on any atom is -0.497 e. The Morgan fingerprint density at radius 1 is 1.07 bits per heavy atom. The van der Waals surface area contributed by atoms with E-state index >= 15 is 0 Å². The van der Waals surface area contributed by atoms with Gasteiger partial charge in [-0.2, -0.15) is 0 Å². The van der Waals surface area contributed by atoms with Crippen LogP contribution < -0.4 is 15.4 Å². The molecule has 3 aromatic rings. The summed E-state index contributed by atoms with van der Waals surface area (Å²) < 4.78 is 5.22. The quantitative estimate of drug-likeness (QED) is 0.602. The van der Waals surface area contributed by atoms with Gasteiger partial charge in [0.2, 0.25) is 0 Å². The standard InChI is InChI=1S/C22H25N3O3/c1-13(2)12-23-21(26)15-6-5-14(3)19(10-15)25-22(27)20-11-16-9-17(28-4)7-8-18(16)24-20/h5-11,13,24H,12H2,1-4H3,(H,23,26)(H,25,27). The summed E-state index contributed by atoms with van der Waals surface area (Å²) >= 11 is 0. The van der Waals surface area contributed by atoms with Crippen LogP contribution in [0.5, 0.6) is 5.75 Å². The lowest BCUT2D eigenvalue weighted by Gasteiger charge is -2.11. The molecular weight excluding hydrogens is 354 g/mol. The van der Waals surface area contributed by atoms with Gasteiger partial charge >= 0.3 is 0 Å². The van der Waals surface area contributed by atoms with Crippen molar-refractivity contribution in [3.8, 4) is 5.75 Å². The van der Waals surface area contributed by atoms with E-state index in [2.05, 4.69) is 15.6 Å². The number of benzene rings is 2. The van der Waals surface area contributed by atoms with E-state index in [1.54, 1.807) is 25.3 Å². The van der Waals surface area contributed by atoms with Crippen molar-refractivity contribution in [2.75, 3.05) is 19.0 Å². The molecule has 1 heterocycles. The van der Waals surface area contributed by atoms with Gasteiger partial charge in [-0.1, -0.05) is 19.9 Å². The Labute approximate surface area is 164 Å². The van der Waals surface area contributed by atoms with Crippen molar-refractivity contribution in [2.45, 2.75) is 20.8 Å². The summed E-state index contributed by atoms with van der Waals surface area (Å²) in [7, 11) is 1.61. The second-order valence-electron chi connectivity index (χ2n) is 7.22. The highest BCUT2D eigenvalue weighted by molar-refractivity contribution is 6.07. The third-order valence-electron chi connectivity index (χ3n) is 4.49. The first-order valence-electron chi connectivity index (χ1n) is 9.24. The molecule has 2 amide bonds. The Morgan fingerprint density at radius 3 is 2.57 bits per heavy atom. The normalized spacial score (nSPS) is 10.9. The Balaban J connectivity index is 1.79. The molecule has 2 aromatic carbocycles.